The maximum Gasteiger partial charge on any atom is 0.152 e. The number of carbonyl (C=O) groups is 1. The highest BCUT2D eigenvalue weighted by Crippen LogP contribution is 2.40. The SMILES string of the molecule is Cn1c(C2CCC2)c(C=O)c2cccnc21. The van der Waals surface area contributed by atoms with Crippen molar-refractivity contribution in [1.82, 2.24) is 9.55 Å². The minimum Gasteiger partial charge on any atom is -0.332 e. The van der Waals surface area contributed by atoms with E-state index in [4.69, 9.17) is 0 Å². The molecule has 1 aliphatic carbocycles. The van der Waals surface area contributed by atoms with Gasteiger partial charge >= 0.3 is 0 Å². The summed E-state index contributed by atoms with van der Waals surface area (Å²) < 4.78 is 2.09. The van der Waals surface area contributed by atoms with E-state index in [2.05, 4.69) is 9.55 Å². The number of aldehydes is 1. The molecule has 2 aromatic rings. The van der Waals surface area contributed by atoms with Gasteiger partial charge in [-0.1, -0.05) is 6.42 Å². The van der Waals surface area contributed by atoms with E-state index in [0.717, 1.165) is 22.9 Å². The highest BCUT2D eigenvalue weighted by atomic mass is 16.1. The molecule has 0 saturated heterocycles. The van der Waals surface area contributed by atoms with Crippen LogP contribution in [0.4, 0.5) is 0 Å². The van der Waals surface area contributed by atoms with Gasteiger partial charge < -0.3 is 4.57 Å². The second-order valence-corrected chi connectivity index (χ2v) is 4.48. The van der Waals surface area contributed by atoms with Crippen LogP contribution in [0.25, 0.3) is 11.0 Å². The third-order valence-corrected chi connectivity index (χ3v) is 3.64. The van der Waals surface area contributed by atoms with Crippen LogP contribution in [-0.2, 0) is 7.05 Å². The van der Waals surface area contributed by atoms with Crippen LogP contribution in [0, 0.1) is 0 Å². The van der Waals surface area contributed by atoms with E-state index < -0.39 is 0 Å². The molecule has 0 radical (unpaired) electrons. The van der Waals surface area contributed by atoms with Gasteiger partial charge in [0, 0.05) is 29.9 Å². The quantitative estimate of drug-likeness (QED) is 0.720. The minimum absolute atomic E-state index is 0.555. The molecule has 3 heteroatoms. The Morgan fingerprint density at radius 3 is 2.94 bits per heavy atom. The van der Waals surface area contributed by atoms with Crippen LogP contribution in [0.5, 0.6) is 0 Å². The number of hydrogen-bond acceptors (Lipinski definition) is 2. The Morgan fingerprint density at radius 1 is 1.50 bits per heavy atom. The number of hydrogen-bond donors (Lipinski definition) is 0. The molecule has 2 aromatic heterocycles. The second kappa shape index (κ2) is 3.44. The molecule has 2 heterocycles. The van der Waals surface area contributed by atoms with Crippen molar-refractivity contribution in [2.24, 2.45) is 7.05 Å². The molecule has 1 saturated carbocycles. The molecular formula is C13H14N2O. The first-order valence-electron chi connectivity index (χ1n) is 5.71. The van der Waals surface area contributed by atoms with E-state index in [-0.39, 0.29) is 0 Å². The first kappa shape index (κ1) is 9.58. The predicted molar refractivity (Wildman–Crippen MR) is 62.7 cm³/mol. The summed E-state index contributed by atoms with van der Waals surface area (Å²) in [5, 5.41) is 0.988. The highest BCUT2D eigenvalue weighted by molar-refractivity contribution is 5.98. The van der Waals surface area contributed by atoms with Crippen molar-refractivity contribution in [2.45, 2.75) is 25.2 Å². The lowest BCUT2D eigenvalue weighted by Gasteiger charge is -2.26. The summed E-state index contributed by atoms with van der Waals surface area (Å²) in [6.45, 7) is 0. The molecule has 0 spiro atoms. The van der Waals surface area contributed by atoms with Gasteiger partial charge in [-0.2, -0.15) is 0 Å². The molecule has 16 heavy (non-hydrogen) atoms. The van der Waals surface area contributed by atoms with Crippen molar-refractivity contribution in [3.63, 3.8) is 0 Å². The number of rotatable bonds is 2. The van der Waals surface area contributed by atoms with Gasteiger partial charge in [0.1, 0.15) is 5.65 Å². The Bertz CT molecular complexity index is 552. The average Bonchev–Trinajstić information content (AvgIpc) is 2.51. The molecule has 1 aliphatic rings. The van der Waals surface area contributed by atoms with Crippen LogP contribution in [0.3, 0.4) is 0 Å². The van der Waals surface area contributed by atoms with Gasteiger partial charge in [0.2, 0.25) is 0 Å². The highest BCUT2D eigenvalue weighted by Gasteiger charge is 2.27. The van der Waals surface area contributed by atoms with E-state index in [1.807, 2.05) is 19.2 Å². The molecule has 0 amide bonds. The fourth-order valence-electron chi connectivity index (χ4n) is 2.61. The predicted octanol–water partition coefficient (Wildman–Crippen LogP) is 2.65. The Kier molecular flexibility index (Phi) is 2.06. The van der Waals surface area contributed by atoms with Gasteiger partial charge in [-0.25, -0.2) is 4.98 Å². The summed E-state index contributed by atoms with van der Waals surface area (Å²) in [6.07, 6.45) is 6.44. The first-order chi connectivity index (χ1) is 7.83. The molecule has 1 fully saturated rings. The summed E-state index contributed by atoms with van der Waals surface area (Å²) >= 11 is 0. The zero-order valence-corrected chi connectivity index (χ0v) is 9.31. The zero-order chi connectivity index (χ0) is 11.1. The standard InChI is InChI=1S/C13H14N2O/c1-15-12(9-4-2-5-9)11(8-16)10-6-3-7-14-13(10)15/h3,6-9H,2,4-5H2,1H3. The number of fused-ring (bicyclic) bond motifs is 1. The van der Waals surface area contributed by atoms with Crippen molar-refractivity contribution in [1.29, 1.82) is 0 Å². The minimum atomic E-state index is 0.555. The Labute approximate surface area is 94.1 Å². The van der Waals surface area contributed by atoms with E-state index in [1.54, 1.807) is 6.20 Å². The molecule has 3 rings (SSSR count). The zero-order valence-electron chi connectivity index (χ0n) is 9.31. The summed E-state index contributed by atoms with van der Waals surface area (Å²) in [5.41, 5.74) is 2.94. The molecule has 0 aliphatic heterocycles. The summed E-state index contributed by atoms with van der Waals surface area (Å²) in [5.74, 6) is 0.555. The van der Waals surface area contributed by atoms with Crippen molar-refractivity contribution in [2.75, 3.05) is 0 Å². The van der Waals surface area contributed by atoms with E-state index in [9.17, 15) is 4.79 Å². The molecule has 0 aromatic carbocycles. The summed E-state index contributed by atoms with van der Waals surface area (Å²) in [6, 6.07) is 3.87. The van der Waals surface area contributed by atoms with Gasteiger partial charge in [-0.3, -0.25) is 4.79 Å². The van der Waals surface area contributed by atoms with Crippen molar-refractivity contribution >= 4 is 17.3 Å². The maximum absolute atomic E-state index is 11.3. The van der Waals surface area contributed by atoms with Crippen LogP contribution in [0.15, 0.2) is 18.3 Å². The normalized spacial score (nSPS) is 16.3. The van der Waals surface area contributed by atoms with Crippen LogP contribution in [0.2, 0.25) is 0 Å². The van der Waals surface area contributed by atoms with E-state index >= 15 is 0 Å². The molecule has 0 N–H and O–H groups in total. The van der Waals surface area contributed by atoms with Gasteiger partial charge in [0.25, 0.3) is 0 Å². The maximum atomic E-state index is 11.3. The summed E-state index contributed by atoms with van der Waals surface area (Å²) in [4.78, 5) is 15.6. The number of nitrogens with zero attached hydrogens (tertiary/aromatic N) is 2. The largest absolute Gasteiger partial charge is 0.332 e. The third-order valence-electron chi connectivity index (χ3n) is 3.64. The van der Waals surface area contributed by atoms with Gasteiger partial charge in [-0.05, 0) is 30.9 Å². The molecule has 0 bridgehead atoms. The van der Waals surface area contributed by atoms with E-state index in [0.29, 0.717) is 5.92 Å². The summed E-state index contributed by atoms with van der Waals surface area (Å²) in [7, 11) is 2.01. The van der Waals surface area contributed by atoms with Crippen LogP contribution < -0.4 is 0 Å². The van der Waals surface area contributed by atoms with E-state index in [1.165, 1.54) is 25.0 Å². The fourth-order valence-corrected chi connectivity index (χ4v) is 2.61. The van der Waals surface area contributed by atoms with Crippen LogP contribution >= 0.6 is 0 Å². The van der Waals surface area contributed by atoms with Crippen molar-refractivity contribution in [3.05, 3.63) is 29.6 Å². The first-order valence-corrected chi connectivity index (χ1v) is 5.71. The van der Waals surface area contributed by atoms with Crippen molar-refractivity contribution < 1.29 is 4.79 Å². The number of carbonyl (C=O) groups excluding carboxylic acids is 1. The van der Waals surface area contributed by atoms with Gasteiger partial charge in [-0.15, -0.1) is 0 Å². The van der Waals surface area contributed by atoms with Gasteiger partial charge in [0.15, 0.2) is 6.29 Å². The fraction of sp³-hybridized carbons (Fsp3) is 0.385. The molecule has 3 nitrogen and oxygen atoms in total. The lowest BCUT2D eigenvalue weighted by Crippen LogP contribution is -2.14. The van der Waals surface area contributed by atoms with Crippen LogP contribution in [-0.4, -0.2) is 15.8 Å². The van der Waals surface area contributed by atoms with Crippen molar-refractivity contribution in [3.8, 4) is 0 Å². The molecule has 82 valence electrons. The monoisotopic (exact) mass is 214 g/mol. The molecular weight excluding hydrogens is 200 g/mol. The third kappa shape index (κ3) is 1.14. The topological polar surface area (TPSA) is 34.9 Å². The average molecular weight is 214 g/mol. The Hall–Kier alpha value is -1.64. The number of pyridine rings is 1. The number of aryl methyl sites for hydroxylation is 1. The molecule has 0 unspecified atom stereocenters. The van der Waals surface area contributed by atoms with Gasteiger partial charge in [0.05, 0.1) is 0 Å². The lowest BCUT2D eigenvalue weighted by atomic mass is 9.81. The smallest absolute Gasteiger partial charge is 0.152 e. The second-order valence-electron chi connectivity index (χ2n) is 4.48. The Morgan fingerprint density at radius 2 is 2.31 bits per heavy atom. The molecule has 0 atom stereocenters. The Balaban J connectivity index is 2.32. The number of aromatic nitrogens is 2. The lowest BCUT2D eigenvalue weighted by molar-refractivity contribution is 0.112. The van der Waals surface area contributed by atoms with Crippen LogP contribution in [0.1, 0.15) is 41.2 Å².